The van der Waals surface area contributed by atoms with Crippen LogP contribution in [0.25, 0.3) is 0 Å². The molecule has 0 aromatic heterocycles. The molecule has 0 aromatic rings. The van der Waals surface area contributed by atoms with Gasteiger partial charge in [0.25, 0.3) is 0 Å². The normalized spacial score (nSPS) is 32.6. The largest absolute Gasteiger partial charge is 0.444 e. The number of carbonyl (C=O) groups excluding carboxylic acids is 1. The van der Waals surface area contributed by atoms with Crippen LogP contribution in [-0.4, -0.2) is 29.7 Å². The van der Waals surface area contributed by atoms with Gasteiger partial charge >= 0.3 is 6.09 Å². The summed E-state index contributed by atoms with van der Waals surface area (Å²) in [5.41, 5.74) is -0.462. The number of likely N-dealkylation sites (tertiary alicyclic amines) is 1. The van der Waals surface area contributed by atoms with Crippen molar-refractivity contribution in [3.63, 3.8) is 0 Å². The molecule has 0 N–H and O–H groups in total. The Kier molecular flexibility index (Phi) is 2.41. The summed E-state index contributed by atoms with van der Waals surface area (Å²) in [5, 5.41) is 0. The van der Waals surface area contributed by atoms with Crippen molar-refractivity contribution in [3.05, 3.63) is 0 Å². The second kappa shape index (κ2) is 3.41. The van der Waals surface area contributed by atoms with E-state index >= 15 is 0 Å². The molecular weight excluding hydrogens is 202 g/mol. The lowest BCUT2D eigenvalue weighted by atomic mass is 9.99. The Bertz CT molecular complexity index is 350. The van der Waals surface area contributed by atoms with Crippen LogP contribution < -0.4 is 0 Å². The third-order valence-corrected chi connectivity index (χ3v) is 3.39. The highest BCUT2D eigenvalue weighted by molar-refractivity contribution is 5.68. The smallest absolute Gasteiger partial charge is 0.410 e. The molecule has 2 fully saturated rings. The highest BCUT2D eigenvalue weighted by Gasteiger charge is 2.56. The van der Waals surface area contributed by atoms with E-state index in [4.69, 9.17) is 11.2 Å². The van der Waals surface area contributed by atoms with Gasteiger partial charge in [-0.25, -0.2) is 4.79 Å². The van der Waals surface area contributed by atoms with Crippen LogP contribution in [0, 0.1) is 23.7 Å². The molecule has 0 bridgehead atoms. The number of piperidine rings is 1. The molecule has 0 radical (unpaired) electrons. The third kappa shape index (κ3) is 2.02. The number of ether oxygens (including phenoxy) is 1. The number of hydrogen-bond donors (Lipinski definition) is 0. The van der Waals surface area contributed by atoms with E-state index in [1.165, 1.54) is 0 Å². The van der Waals surface area contributed by atoms with Crippen LogP contribution in [0.4, 0.5) is 4.79 Å². The van der Waals surface area contributed by atoms with Crippen molar-refractivity contribution in [2.24, 2.45) is 11.3 Å². The van der Waals surface area contributed by atoms with Crippen molar-refractivity contribution in [3.8, 4) is 12.3 Å². The summed E-state index contributed by atoms with van der Waals surface area (Å²) in [6.45, 7) is 7.09. The Morgan fingerprint density at radius 2 is 2.25 bits per heavy atom. The Hall–Kier alpha value is -1.17. The van der Waals surface area contributed by atoms with Gasteiger partial charge in [0.15, 0.2) is 0 Å². The maximum atomic E-state index is 11.9. The van der Waals surface area contributed by atoms with E-state index in [0.717, 1.165) is 19.4 Å². The van der Waals surface area contributed by atoms with Crippen molar-refractivity contribution < 1.29 is 9.53 Å². The van der Waals surface area contributed by atoms with Crippen LogP contribution in [0.1, 0.15) is 33.6 Å². The molecule has 16 heavy (non-hydrogen) atoms. The van der Waals surface area contributed by atoms with E-state index in [1.54, 1.807) is 4.90 Å². The first-order valence-corrected chi connectivity index (χ1v) is 5.82. The quantitative estimate of drug-likeness (QED) is 0.587. The van der Waals surface area contributed by atoms with Gasteiger partial charge in [-0.05, 0) is 39.5 Å². The Morgan fingerprint density at radius 1 is 1.56 bits per heavy atom. The van der Waals surface area contributed by atoms with Crippen LogP contribution in [0.2, 0.25) is 0 Å². The molecule has 1 aliphatic heterocycles. The molecule has 2 atom stereocenters. The molecule has 3 nitrogen and oxygen atoms in total. The van der Waals surface area contributed by atoms with E-state index in [9.17, 15) is 4.79 Å². The molecule has 2 unspecified atom stereocenters. The fourth-order valence-electron chi connectivity index (χ4n) is 2.39. The molecule has 88 valence electrons. The summed E-state index contributed by atoms with van der Waals surface area (Å²) in [6.07, 6.45) is 7.40. The first-order chi connectivity index (χ1) is 7.36. The van der Waals surface area contributed by atoms with Crippen molar-refractivity contribution >= 4 is 6.09 Å². The Balaban J connectivity index is 1.97. The minimum atomic E-state index is -0.430. The van der Waals surface area contributed by atoms with Crippen LogP contribution in [0.15, 0.2) is 0 Å². The van der Waals surface area contributed by atoms with Crippen molar-refractivity contribution in [2.75, 3.05) is 13.1 Å². The summed E-state index contributed by atoms with van der Waals surface area (Å²) < 4.78 is 5.35. The zero-order chi connectivity index (χ0) is 12.0. The number of terminal acetylenes is 1. The third-order valence-electron chi connectivity index (χ3n) is 3.39. The van der Waals surface area contributed by atoms with Crippen LogP contribution >= 0.6 is 0 Å². The fraction of sp³-hybridized carbons (Fsp3) is 0.769. The molecule has 0 aromatic carbocycles. The number of fused-ring (bicyclic) bond motifs is 1. The lowest BCUT2D eigenvalue weighted by molar-refractivity contribution is 0.0183. The van der Waals surface area contributed by atoms with Crippen LogP contribution in [0.3, 0.4) is 0 Å². The summed E-state index contributed by atoms with van der Waals surface area (Å²) >= 11 is 0. The summed E-state index contributed by atoms with van der Waals surface area (Å²) in [5.74, 6) is 3.49. The number of amides is 1. The maximum Gasteiger partial charge on any atom is 0.410 e. The number of hydrogen-bond acceptors (Lipinski definition) is 2. The highest BCUT2D eigenvalue weighted by Crippen LogP contribution is 2.56. The van der Waals surface area contributed by atoms with Gasteiger partial charge in [-0.3, -0.25) is 0 Å². The van der Waals surface area contributed by atoms with Gasteiger partial charge in [-0.1, -0.05) is 5.92 Å². The first-order valence-electron chi connectivity index (χ1n) is 5.82. The van der Waals surface area contributed by atoms with Gasteiger partial charge in [-0.2, -0.15) is 0 Å². The predicted octanol–water partition coefficient (Wildman–Crippen LogP) is 2.27. The molecule has 1 saturated heterocycles. The maximum absolute atomic E-state index is 11.9. The molecule has 0 spiro atoms. The van der Waals surface area contributed by atoms with E-state index in [0.29, 0.717) is 12.5 Å². The zero-order valence-corrected chi connectivity index (χ0v) is 10.2. The minimum Gasteiger partial charge on any atom is -0.444 e. The van der Waals surface area contributed by atoms with E-state index in [2.05, 4.69) is 5.92 Å². The van der Waals surface area contributed by atoms with Gasteiger partial charge in [-0.15, -0.1) is 6.42 Å². The molecule has 3 heteroatoms. The van der Waals surface area contributed by atoms with Gasteiger partial charge in [0.05, 0.1) is 5.41 Å². The minimum absolute atomic E-state index is 0.0326. The number of nitrogens with zero attached hydrogens (tertiary/aromatic N) is 1. The van der Waals surface area contributed by atoms with Gasteiger partial charge in [0, 0.05) is 13.1 Å². The SMILES string of the molecule is C#CC12CC1CCN(C(=O)OC(C)(C)C)C2. The topological polar surface area (TPSA) is 29.5 Å². The monoisotopic (exact) mass is 221 g/mol. The van der Waals surface area contributed by atoms with Gasteiger partial charge in [0.2, 0.25) is 0 Å². The standard InChI is InChI=1S/C13H19NO2/c1-5-13-8-10(13)6-7-14(9-13)11(15)16-12(2,3)4/h1,10H,6-9H2,2-4H3. The molecule has 1 aliphatic carbocycles. The second-order valence-corrected chi connectivity index (χ2v) is 5.89. The Morgan fingerprint density at radius 3 is 2.81 bits per heavy atom. The average Bonchev–Trinajstić information content (AvgIpc) is 2.88. The number of carbonyl (C=O) groups is 1. The highest BCUT2D eigenvalue weighted by atomic mass is 16.6. The van der Waals surface area contributed by atoms with E-state index in [1.807, 2.05) is 20.8 Å². The first kappa shape index (κ1) is 11.3. The average molecular weight is 221 g/mol. The van der Waals surface area contributed by atoms with Crippen LogP contribution in [-0.2, 0) is 4.74 Å². The lowest BCUT2D eigenvalue weighted by Gasteiger charge is -2.32. The van der Waals surface area contributed by atoms with Gasteiger partial charge in [0.1, 0.15) is 5.60 Å². The zero-order valence-electron chi connectivity index (χ0n) is 10.2. The summed E-state index contributed by atoms with van der Waals surface area (Å²) in [4.78, 5) is 13.6. The number of rotatable bonds is 0. The second-order valence-electron chi connectivity index (χ2n) is 5.89. The summed E-state index contributed by atoms with van der Waals surface area (Å²) in [6, 6.07) is 0. The molecule has 2 rings (SSSR count). The molecule has 1 saturated carbocycles. The molecule has 1 amide bonds. The van der Waals surface area contributed by atoms with Crippen LogP contribution in [0.5, 0.6) is 0 Å². The van der Waals surface area contributed by atoms with Gasteiger partial charge < -0.3 is 9.64 Å². The lowest BCUT2D eigenvalue weighted by Crippen LogP contribution is -2.43. The fourth-order valence-corrected chi connectivity index (χ4v) is 2.39. The Labute approximate surface area is 97.1 Å². The van der Waals surface area contributed by atoms with Crippen molar-refractivity contribution in [2.45, 2.75) is 39.2 Å². The molecular formula is C13H19NO2. The van der Waals surface area contributed by atoms with E-state index in [-0.39, 0.29) is 11.5 Å². The molecule has 1 heterocycles. The van der Waals surface area contributed by atoms with Crippen molar-refractivity contribution in [1.82, 2.24) is 4.90 Å². The molecule has 2 aliphatic rings. The van der Waals surface area contributed by atoms with Crippen molar-refractivity contribution in [1.29, 1.82) is 0 Å². The predicted molar refractivity (Wildman–Crippen MR) is 61.8 cm³/mol. The summed E-state index contributed by atoms with van der Waals surface area (Å²) in [7, 11) is 0. The van der Waals surface area contributed by atoms with E-state index < -0.39 is 5.60 Å².